The molecule has 2 N–H and O–H groups in total. The largest absolute Gasteiger partial charge is 0.481 e. The highest BCUT2D eigenvalue weighted by Crippen LogP contribution is 2.23. The van der Waals surface area contributed by atoms with Crippen molar-refractivity contribution in [1.82, 2.24) is 5.32 Å². The molecule has 0 aliphatic carbocycles. The van der Waals surface area contributed by atoms with Gasteiger partial charge in [0.1, 0.15) is 0 Å². The van der Waals surface area contributed by atoms with Crippen molar-refractivity contribution in [3.63, 3.8) is 0 Å². The summed E-state index contributed by atoms with van der Waals surface area (Å²) in [5.74, 6) is -0.646. The first-order chi connectivity index (χ1) is 10.5. The highest BCUT2D eigenvalue weighted by atomic mass is 32.2. The number of carbonyl (C=O) groups is 2. The Morgan fingerprint density at radius 3 is 2.64 bits per heavy atom. The summed E-state index contributed by atoms with van der Waals surface area (Å²) < 4.78 is 0. The molecule has 5 heteroatoms. The number of thioether (sulfide) groups is 1. The maximum absolute atomic E-state index is 11.8. The van der Waals surface area contributed by atoms with Gasteiger partial charge < -0.3 is 10.4 Å². The molecule has 0 spiro atoms. The Labute approximate surface area is 133 Å². The second kappa shape index (κ2) is 7.84. The minimum Gasteiger partial charge on any atom is -0.481 e. The fraction of sp³-hybridized carbons (Fsp3) is 0.294. The number of hydrogen-bond acceptors (Lipinski definition) is 3. The second-order valence-electron chi connectivity index (χ2n) is 5.30. The Morgan fingerprint density at radius 2 is 1.91 bits per heavy atom. The normalized spacial score (nSPS) is 12.0. The van der Waals surface area contributed by atoms with Crippen molar-refractivity contribution in [2.45, 2.75) is 18.2 Å². The van der Waals surface area contributed by atoms with Gasteiger partial charge in [-0.3, -0.25) is 9.59 Å². The molecule has 0 aromatic heterocycles. The van der Waals surface area contributed by atoms with Crippen LogP contribution in [0.5, 0.6) is 0 Å². The molecule has 1 amide bonds. The summed E-state index contributed by atoms with van der Waals surface area (Å²) in [4.78, 5) is 23.4. The van der Waals surface area contributed by atoms with Crippen LogP contribution in [0.15, 0.2) is 47.4 Å². The SMILES string of the molecule is CC(CNC(=O)CSc1ccc2ccccc2c1)CC(=O)O. The predicted molar refractivity (Wildman–Crippen MR) is 89.1 cm³/mol. The molecule has 2 aromatic rings. The van der Waals surface area contributed by atoms with Crippen LogP contribution in [0.4, 0.5) is 0 Å². The molecule has 2 rings (SSSR count). The third-order valence-corrected chi connectivity index (χ3v) is 4.26. The molecule has 0 radical (unpaired) electrons. The highest BCUT2D eigenvalue weighted by Gasteiger charge is 2.09. The maximum Gasteiger partial charge on any atom is 0.303 e. The van der Waals surface area contributed by atoms with Gasteiger partial charge in [0.15, 0.2) is 0 Å². The van der Waals surface area contributed by atoms with Crippen LogP contribution in [0.1, 0.15) is 13.3 Å². The number of carboxylic acids is 1. The smallest absolute Gasteiger partial charge is 0.303 e. The lowest BCUT2D eigenvalue weighted by Gasteiger charge is -2.10. The number of rotatable bonds is 7. The summed E-state index contributed by atoms with van der Waals surface area (Å²) in [5, 5.41) is 13.8. The van der Waals surface area contributed by atoms with Gasteiger partial charge in [0.05, 0.1) is 5.75 Å². The highest BCUT2D eigenvalue weighted by molar-refractivity contribution is 8.00. The van der Waals surface area contributed by atoms with Crippen LogP contribution in [-0.2, 0) is 9.59 Å². The zero-order chi connectivity index (χ0) is 15.9. The monoisotopic (exact) mass is 317 g/mol. The summed E-state index contributed by atoms with van der Waals surface area (Å²) in [6.45, 7) is 2.20. The molecule has 0 saturated heterocycles. The molecule has 0 fully saturated rings. The topological polar surface area (TPSA) is 66.4 Å². The van der Waals surface area contributed by atoms with Gasteiger partial charge in [-0.25, -0.2) is 0 Å². The zero-order valence-electron chi connectivity index (χ0n) is 12.4. The van der Waals surface area contributed by atoms with Crippen LogP contribution < -0.4 is 5.32 Å². The van der Waals surface area contributed by atoms with Crippen LogP contribution >= 0.6 is 11.8 Å². The summed E-state index contributed by atoms with van der Waals surface area (Å²) in [6, 6.07) is 14.2. The van der Waals surface area contributed by atoms with E-state index in [2.05, 4.69) is 17.4 Å². The van der Waals surface area contributed by atoms with Gasteiger partial charge in [-0.15, -0.1) is 11.8 Å². The Morgan fingerprint density at radius 1 is 1.18 bits per heavy atom. The molecule has 0 aliphatic rings. The first-order valence-electron chi connectivity index (χ1n) is 7.14. The van der Waals surface area contributed by atoms with Crippen molar-refractivity contribution < 1.29 is 14.7 Å². The van der Waals surface area contributed by atoms with Crippen molar-refractivity contribution in [2.75, 3.05) is 12.3 Å². The maximum atomic E-state index is 11.8. The molecular formula is C17H19NO3S. The number of nitrogens with one attached hydrogen (secondary N) is 1. The van der Waals surface area contributed by atoms with E-state index in [0.717, 1.165) is 10.3 Å². The molecular weight excluding hydrogens is 298 g/mol. The number of amides is 1. The Balaban J connectivity index is 1.81. The van der Waals surface area contributed by atoms with Gasteiger partial charge in [0.25, 0.3) is 0 Å². The number of carbonyl (C=O) groups excluding carboxylic acids is 1. The molecule has 1 unspecified atom stereocenters. The quantitative estimate of drug-likeness (QED) is 0.770. The third kappa shape index (κ3) is 5.07. The minimum atomic E-state index is -0.840. The van der Waals surface area contributed by atoms with Crippen LogP contribution in [0, 0.1) is 5.92 Å². The van der Waals surface area contributed by atoms with E-state index in [1.807, 2.05) is 37.3 Å². The van der Waals surface area contributed by atoms with E-state index >= 15 is 0 Å². The van der Waals surface area contributed by atoms with Crippen LogP contribution in [0.2, 0.25) is 0 Å². The molecule has 22 heavy (non-hydrogen) atoms. The summed E-state index contributed by atoms with van der Waals surface area (Å²) in [5.41, 5.74) is 0. The lowest BCUT2D eigenvalue weighted by Crippen LogP contribution is -2.30. The fourth-order valence-electron chi connectivity index (χ4n) is 2.12. The van der Waals surface area contributed by atoms with E-state index in [-0.39, 0.29) is 18.2 Å². The van der Waals surface area contributed by atoms with E-state index in [4.69, 9.17) is 5.11 Å². The van der Waals surface area contributed by atoms with Crippen LogP contribution in [0.3, 0.4) is 0 Å². The van der Waals surface area contributed by atoms with Gasteiger partial charge in [-0.2, -0.15) is 0 Å². The van der Waals surface area contributed by atoms with Gasteiger partial charge in [0, 0.05) is 17.9 Å². The van der Waals surface area contributed by atoms with Crippen molar-refractivity contribution in [2.24, 2.45) is 5.92 Å². The standard InChI is InChI=1S/C17H19NO3S/c1-12(8-17(20)21)10-18-16(19)11-22-15-7-6-13-4-2-3-5-14(13)9-15/h2-7,9,12H,8,10-11H2,1H3,(H,18,19)(H,20,21). The van der Waals surface area contributed by atoms with Gasteiger partial charge in [-0.1, -0.05) is 37.3 Å². The van der Waals surface area contributed by atoms with Crippen molar-refractivity contribution in [3.8, 4) is 0 Å². The van der Waals surface area contributed by atoms with E-state index in [9.17, 15) is 9.59 Å². The summed E-state index contributed by atoms with van der Waals surface area (Å²) in [6.07, 6.45) is 0.0676. The average molecular weight is 317 g/mol. The Kier molecular flexibility index (Phi) is 5.83. The number of carboxylic acid groups (broad SMARTS) is 1. The molecule has 2 aromatic carbocycles. The van der Waals surface area contributed by atoms with Gasteiger partial charge in [0.2, 0.25) is 5.91 Å². The molecule has 0 heterocycles. The second-order valence-corrected chi connectivity index (χ2v) is 6.35. The predicted octanol–water partition coefficient (Wildman–Crippen LogP) is 3.16. The summed E-state index contributed by atoms with van der Waals surface area (Å²) in [7, 11) is 0. The first-order valence-corrected chi connectivity index (χ1v) is 8.13. The number of aliphatic carboxylic acids is 1. The average Bonchev–Trinajstić information content (AvgIpc) is 2.50. The van der Waals surface area contributed by atoms with E-state index in [0.29, 0.717) is 12.3 Å². The molecule has 116 valence electrons. The molecule has 1 atom stereocenters. The molecule has 4 nitrogen and oxygen atoms in total. The number of hydrogen-bond donors (Lipinski definition) is 2. The van der Waals surface area contributed by atoms with E-state index < -0.39 is 5.97 Å². The lowest BCUT2D eigenvalue weighted by atomic mass is 10.1. The lowest BCUT2D eigenvalue weighted by molar-refractivity contribution is -0.138. The number of fused-ring (bicyclic) bond motifs is 1. The zero-order valence-corrected chi connectivity index (χ0v) is 13.2. The van der Waals surface area contributed by atoms with E-state index in [1.165, 1.54) is 17.1 Å². The van der Waals surface area contributed by atoms with Crippen LogP contribution in [0.25, 0.3) is 10.8 Å². The Bertz CT molecular complexity index is 672. The third-order valence-electron chi connectivity index (χ3n) is 3.26. The van der Waals surface area contributed by atoms with Crippen LogP contribution in [-0.4, -0.2) is 29.3 Å². The number of benzene rings is 2. The van der Waals surface area contributed by atoms with Crippen molar-refractivity contribution in [3.05, 3.63) is 42.5 Å². The van der Waals surface area contributed by atoms with Crippen molar-refractivity contribution >= 4 is 34.4 Å². The first kappa shape index (κ1) is 16.4. The fourth-order valence-corrected chi connectivity index (χ4v) is 2.89. The molecule has 0 aliphatic heterocycles. The Hall–Kier alpha value is -2.01. The van der Waals surface area contributed by atoms with Crippen molar-refractivity contribution in [1.29, 1.82) is 0 Å². The van der Waals surface area contributed by atoms with Gasteiger partial charge >= 0.3 is 5.97 Å². The summed E-state index contributed by atoms with van der Waals surface area (Å²) >= 11 is 1.48. The minimum absolute atomic E-state index is 0.0629. The van der Waals surface area contributed by atoms with Gasteiger partial charge in [-0.05, 0) is 28.8 Å². The van der Waals surface area contributed by atoms with E-state index in [1.54, 1.807) is 0 Å². The molecule has 0 saturated carbocycles. The molecule has 0 bridgehead atoms.